The Balaban J connectivity index is 1.67. The summed E-state index contributed by atoms with van der Waals surface area (Å²) >= 11 is 0. The van der Waals surface area contributed by atoms with Crippen molar-refractivity contribution < 1.29 is 4.74 Å². The summed E-state index contributed by atoms with van der Waals surface area (Å²) < 4.78 is 5.75. The van der Waals surface area contributed by atoms with E-state index in [0.717, 1.165) is 24.8 Å². The number of nitrogens with one attached hydrogen (secondary N) is 1. The highest BCUT2D eigenvalue weighted by Gasteiger charge is 2.40. The van der Waals surface area contributed by atoms with Gasteiger partial charge in [0.25, 0.3) is 0 Å². The Bertz CT molecular complexity index is 326. The Kier molecular flexibility index (Phi) is 2.29. The lowest BCUT2D eigenvalue weighted by atomic mass is 10.1. The molecular formula is C11H15N3O. The Hall–Kier alpha value is -1.16. The molecule has 15 heavy (non-hydrogen) atoms. The zero-order valence-corrected chi connectivity index (χ0v) is 8.60. The third-order valence-corrected chi connectivity index (χ3v) is 3.12. The van der Waals surface area contributed by atoms with Crippen LogP contribution in [-0.4, -0.2) is 28.7 Å². The van der Waals surface area contributed by atoms with Crippen LogP contribution in [0, 0.1) is 5.92 Å². The van der Waals surface area contributed by atoms with E-state index in [-0.39, 0.29) is 0 Å². The van der Waals surface area contributed by atoms with Crippen LogP contribution in [-0.2, 0) is 4.74 Å². The van der Waals surface area contributed by atoms with E-state index in [1.807, 2.05) is 0 Å². The lowest BCUT2D eigenvalue weighted by molar-refractivity contribution is 0.0898. The number of aromatic nitrogens is 2. The molecule has 2 heterocycles. The highest BCUT2D eigenvalue weighted by molar-refractivity contribution is 5.32. The molecule has 4 heteroatoms. The van der Waals surface area contributed by atoms with E-state index in [4.69, 9.17) is 4.74 Å². The van der Waals surface area contributed by atoms with Gasteiger partial charge in [0, 0.05) is 19.0 Å². The SMILES string of the molecule is c1cnc(NC2CCOC2C2CC2)cn1. The van der Waals surface area contributed by atoms with Gasteiger partial charge in [-0.25, -0.2) is 4.98 Å². The van der Waals surface area contributed by atoms with Crippen molar-refractivity contribution in [3.8, 4) is 0 Å². The van der Waals surface area contributed by atoms with Crippen molar-refractivity contribution >= 4 is 5.82 Å². The number of rotatable bonds is 3. The van der Waals surface area contributed by atoms with E-state index in [1.165, 1.54) is 12.8 Å². The van der Waals surface area contributed by atoms with Gasteiger partial charge in [-0.1, -0.05) is 0 Å². The average molecular weight is 205 g/mol. The minimum Gasteiger partial charge on any atom is -0.376 e. The Morgan fingerprint density at radius 3 is 2.93 bits per heavy atom. The van der Waals surface area contributed by atoms with Crippen LogP contribution in [0.2, 0.25) is 0 Å². The molecule has 1 saturated heterocycles. The minimum atomic E-state index is 0.395. The predicted molar refractivity (Wildman–Crippen MR) is 56.5 cm³/mol. The van der Waals surface area contributed by atoms with Crippen molar-refractivity contribution in [1.29, 1.82) is 0 Å². The molecule has 4 nitrogen and oxygen atoms in total. The Morgan fingerprint density at radius 2 is 2.20 bits per heavy atom. The van der Waals surface area contributed by atoms with Crippen molar-refractivity contribution in [2.75, 3.05) is 11.9 Å². The van der Waals surface area contributed by atoms with Crippen LogP contribution in [0.25, 0.3) is 0 Å². The van der Waals surface area contributed by atoms with Crippen molar-refractivity contribution in [2.24, 2.45) is 5.92 Å². The van der Waals surface area contributed by atoms with Gasteiger partial charge in [0.1, 0.15) is 5.82 Å². The van der Waals surface area contributed by atoms with E-state index >= 15 is 0 Å². The second kappa shape index (κ2) is 3.77. The van der Waals surface area contributed by atoms with Crippen molar-refractivity contribution in [1.82, 2.24) is 9.97 Å². The first kappa shape index (κ1) is 9.09. The maximum Gasteiger partial charge on any atom is 0.144 e. The second-order valence-corrected chi connectivity index (χ2v) is 4.30. The topological polar surface area (TPSA) is 47.0 Å². The first-order valence-corrected chi connectivity index (χ1v) is 5.57. The fourth-order valence-corrected chi connectivity index (χ4v) is 2.22. The zero-order valence-electron chi connectivity index (χ0n) is 8.60. The number of hydrogen-bond acceptors (Lipinski definition) is 4. The summed E-state index contributed by atoms with van der Waals surface area (Å²) in [5.41, 5.74) is 0. The summed E-state index contributed by atoms with van der Waals surface area (Å²) in [6.07, 6.45) is 9.29. The molecule has 0 bridgehead atoms. The molecule has 1 aliphatic heterocycles. The highest BCUT2D eigenvalue weighted by atomic mass is 16.5. The molecule has 0 spiro atoms. The maximum absolute atomic E-state index is 5.75. The van der Waals surface area contributed by atoms with Crippen LogP contribution < -0.4 is 5.32 Å². The molecule has 0 aromatic carbocycles. The number of ether oxygens (including phenoxy) is 1. The molecule has 1 aliphatic carbocycles. The van der Waals surface area contributed by atoms with Crippen LogP contribution in [0.1, 0.15) is 19.3 Å². The lowest BCUT2D eigenvalue weighted by Crippen LogP contribution is -2.31. The molecular weight excluding hydrogens is 190 g/mol. The fourth-order valence-electron chi connectivity index (χ4n) is 2.22. The van der Waals surface area contributed by atoms with Gasteiger partial charge in [-0.2, -0.15) is 0 Å². The zero-order chi connectivity index (χ0) is 10.1. The van der Waals surface area contributed by atoms with Crippen LogP contribution in [0.3, 0.4) is 0 Å². The van der Waals surface area contributed by atoms with E-state index < -0.39 is 0 Å². The summed E-state index contributed by atoms with van der Waals surface area (Å²) in [6, 6.07) is 0.425. The predicted octanol–water partition coefficient (Wildman–Crippen LogP) is 1.46. The molecule has 0 radical (unpaired) electrons. The second-order valence-electron chi connectivity index (χ2n) is 4.30. The quantitative estimate of drug-likeness (QED) is 0.811. The molecule has 0 amide bonds. The molecule has 1 N–H and O–H groups in total. The lowest BCUT2D eigenvalue weighted by Gasteiger charge is -2.19. The van der Waals surface area contributed by atoms with Crippen LogP contribution in [0.5, 0.6) is 0 Å². The Labute approximate surface area is 89.1 Å². The van der Waals surface area contributed by atoms with E-state index in [2.05, 4.69) is 15.3 Å². The smallest absolute Gasteiger partial charge is 0.144 e. The van der Waals surface area contributed by atoms with Crippen LogP contribution in [0.15, 0.2) is 18.6 Å². The average Bonchev–Trinajstić information content (AvgIpc) is 3.02. The molecule has 3 rings (SSSR count). The van der Waals surface area contributed by atoms with Gasteiger partial charge < -0.3 is 10.1 Å². The van der Waals surface area contributed by atoms with Crippen molar-refractivity contribution in [2.45, 2.75) is 31.4 Å². The standard InChI is InChI=1S/C11H15N3O/c1-2-8(1)11-9(3-6-15-11)14-10-7-12-4-5-13-10/h4-5,7-9,11H,1-3,6H2,(H,13,14). The van der Waals surface area contributed by atoms with Gasteiger partial charge >= 0.3 is 0 Å². The first-order valence-electron chi connectivity index (χ1n) is 5.57. The van der Waals surface area contributed by atoms with Gasteiger partial charge in [0.05, 0.1) is 18.3 Å². The monoisotopic (exact) mass is 205 g/mol. The van der Waals surface area contributed by atoms with Crippen LogP contribution >= 0.6 is 0 Å². The molecule has 80 valence electrons. The highest BCUT2D eigenvalue weighted by Crippen LogP contribution is 2.39. The van der Waals surface area contributed by atoms with Gasteiger partial charge in [-0.3, -0.25) is 4.98 Å². The van der Waals surface area contributed by atoms with Crippen LogP contribution in [0.4, 0.5) is 5.82 Å². The first-order chi connectivity index (χ1) is 7.43. The number of anilines is 1. The minimum absolute atomic E-state index is 0.395. The van der Waals surface area contributed by atoms with E-state index in [9.17, 15) is 0 Å². The summed E-state index contributed by atoms with van der Waals surface area (Å²) in [5, 5.41) is 3.41. The molecule has 1 aromatic rings. The number of nitrogens with zero attached hydrogens (tertiary/aromatic N) is 2. The summed E-state index contributed by atoms with van der Waals surface area (Å²) in [6.45, 7) is 0.874. The van der Waals surface area contributed by atoms with Gasteiger partial charge in [0.2, 0.25) is 0 Å². The molecule has 1 saturated carbocycles. The summed E-state index contributed by atoms with van der Waals surface area (Å²) in [4.78, 5) is 8.27. The van der Waals surface area contributed by atoms with Gasteiger partial charge in [-0.15, -0.1) is 0 Å². The third-order valence-electron chi connectivity index (χ3n) is 3.12. The molecule has 2 fully saturated rings. The molecule has 2 unspecified atom stereocenters. The molecule has 2 aliphatic rings. The third kappa shape index (κ3) is 1.95. The normalized spacial score (nSPS) is 30.4. The molecule has 2 atom stereocenters. The van der Waals surface area contributed by atoms with Gasteiger partial charge in [0.15, 0.2) is 0 Å². The van der Waals surface area contributed by atoms with Crippen molar-refractivity contribution in [3.63, 3.8) is 0 Å². The largest absolute Gasteiger partial charge is 0.376 e. The summed E-state index contributed by atoms with van der Waals surface area (Å²) in [5.74, 6) is 1.64. The maximum atomic E-state index is 5.75. The molecule has 1 aromatic heterocycles. The van der Waals surface area contributed by atoms with Gasteiger partial charge in [-0.05, 0) is 25.2 Å². The van der Waals surface area contributed by atoms with Crippen molar-refractivity contribution in [3.05, 3.63) is 18.6 Å². The number of hydrogen-bond donors (Lipinski definition) is 1. The fraction of sp³-hybridized carbons (Fsp3) is 0.636. The van der Waals surface area contributed by atoms with E-state index in [0.29, 0.717) is 12.1 Å². The summed E-state index contributed by atoms with van der Waals surface area (Å²) in [7, 11) is 0. The Morgan fingerprint density at radius 1 is 1.27 bits per heavy atom. The van der Waals surface area contributed by atoms with E-state index in [1.54, 1.807) is 18.6 Å².